The summed E-state index contributed by atoms with van der Waals surface area (Å²) in [6, 6.07) is 5.31. The van der Waals surface area contributed by atoms with Gasteiger partial charge in [0.25, 0.3) is 0 Å². The van der Waals surface area contributed by atoms with Crippen LogP contribution in [0.15, 0.2) is 18.2 Å². The molecular weight excluding hydrogens is 180 g/mol. The van der Waals surface area contributed by atoms with Gasteiger partial charge in [-0.2, -0.15) is 0 Å². The lowest BCUT2D eigenvalue weighted by atomic mass is 10.1. The van der Waals surface area contributed by atoms with Crippen LogP contribution in [0.5, 0.6) is 5.75 Å². The highest BCUT2D eigenvalue weighted by atomic mass is 16.5. The van der Waals surface area contributed by atoms with Gasteiger partial charge >= 0.3 is 5.97 Å². The van der Waals surface area contributed by atoms with Crippen molar-refractivity contribution in [2.45, 2.75) is 6.92 Å². The topological polar surface area (TPSA) is 46.5 Å². The number of rotatable bonds is 1. The largest absolute Gasteiger partial charge is 0.496 e. The smallest absolute Gasteiger partial charge is 0.382 e. The van der Waals surface area contributed by atoms with Crippen LogP contribution in [-0.4, -0.2) is 18.2 Å². The summed E-state index contributed by atoms with van der Waals surface area (Å²) in [4.78, 5) is 10.2. The minimum absolute atomic E-state index is 0.634. The van der Waals surface area contributed by atoms with Gasteiger partial charge in [-0.15, -0.1) is 0 Å². The van der Waals surface area contributed by atoms with Crippen LogP contribution in [0.3, 0.4) is 0 Å². The second kappa shape index (κ2) is 4.33. The van der Waals surface area contributed by atoms with Gasteiger partial charge in [0.15, 0.2) is 0 Å². The van der Waals surface area contributed by atoms with E-state index in [1.54, 1.807) is 19.2 Å². The van der Waals surface area contributed by atoms with E-state index in [2.05, 4.69) is 5.92 Å². The molecule has 1 rings (SSSR count). The Morgan fingerprint density at radius 1 is 1.50 bits per heavy atom. The maximum absolute atomic E-state index is 10.2. The third-order valence-electron chi connectivity index (χ3n) is 1.72. The molecule has 3 nitrogen and oxygen atoms in total. The van der Waals surface area contributed by atoms with Crippen LogP contribution in [0.2, 0.25) is 0 Å². The molecule has 0 fully saturated rings. The minimum atomic E-state index is -1.13. The Balaban J connectivity index is 3.03. The summed E-state index contributed by atoms with van der Waals surface area (Å²) in [7, 11) is 1.57. The number of methoxy groups -OCH3 is 1. The quantitative estimate of drug-likeness (QED) is 0.681. The number of hydrogen-bond acceptors (Lipinski definition) is 2. The van der Waals surface area contributed by atoms with Gasteiger partial charge in [-0.05, 0) is 24.6 Å². The van der Waals surface area contributed by atoms with E-state index >= 15 is 0 Å². The van der Waals surface area contributed by atoms with E-state index in [1.165, 1.54) is 0 Å². The fraction of sp³-hybridized carbons (Fsp3) is 0.182. The van der Waals surface area contributed by atoms with Crippen molar-refractivity contribution in [3.8, 4) is 17.6 Å². The summed E-state index contributed by atoms with van der Waals surface area (Å²) in [6.07, 6.45) is 0. The molecular formula is C11H10O3. The van der Waals surface area contributed by atoms with Crippen LogP contribution in [0.25, 0.3) is 0 Å². The summed E-state index contributed by atoms with van der Waals surface area (Å²) in [5.41, 5.74) is 1.63. The number of benzene rings is 1. The molecule has 72 valence electrons. The van der Waals surface area contributed by atoms with Crippen LogP contribution in [0.1, 0.15) is 11.1 Å². The van der Waals surface area contributed by atoms with Gasteiger partial charge in [0.1, 0.15) is 5.75 Å². The first kappa shape index (κ1) is 10.1. The van der Waals surface area contributed by atoms with Crippen LogP contribution in [0, 0.1) is 18.8 Å². The Labute approximate surface area is 82.3 Å². The normalized spacial score (nSPS) is 8.71. The fourth-order valence-corrected chi connectivity index (χ4v) is 1.02. The monoisotopic (exact) mass is 190 g/mol. The molecule has 0 aromatic heterocycles. The van der Waals surface area contributed by atoms with E-state index in [1.807, 2.05) is 18.9 Å². The van der Waals surface area contributed by atoms with Crippen molar-refractivity contribution >= 4 is 5.97 Å². The molecule has 0 saturated heterocycles. The van der Waals surface area contributed by atoms with Crippen LogP contribution >= 0.6 is 0 Å². The van der Waals surface area contributed by atoms with Gasteiger partial charge in [0.05, 0.1) is 7.11 Å². The molecule has 0 radical (unpaired) electrons. The molecule has 0 aliphatic carbocycles. The molecule has 0 aliphatic rings. The maximum Gasteiger partial charge on any atom is 0.382 e. The van der Waals surface area contributed by atoms with Crippen molar-refractivity contribution in [1.82, 2.24) is 0 Å². The van der Waals surface area contributed by atoms with Crippen LogP contribution in [-0.2, 0) is 4.79 Å². The van der Waals surface area contributed by atoms with Crippen LogP contribution in [0.4, 0.5) is 0 Å². The van der Waals surface area contributed by atoms with Gasteiger partial charge in [0, 0.05) is 11.5 Å². The molecule has 0 bridgehead atoms. The lowest BCUT2D eigenvalue weighted by Crippen LogP contribution is -1.89. The lowest BCUT2D eigenvalue weighted by Gasteiger charge is -2.03. The minimum Gasteiger partial charge on any atom is -0.496 e. The van der Waals surface area contributed by atoms with Crippen molar-refractivity contribution in [2.24, 2.45) is 0 Å². The number of aryl methyl sites for hydroxylation is 1. The zero-order chi connectivity index (χ0) is 10.6. The molecule has 3 heteroatoms. The van der Waals surface area contributed by atoms with Gasteiger partial charge in [-0.25, -0.2) is 4.79 Å². The zero-order valence-electron chi connectivity index (χ0n) is 8.00. The number of ether oxygens (including phenoxy) is 1. The van der Waals surface area contributed by atoms with Crippen molar-refractivity contribution in [1.29, 1.82) is 0 Å². The molecule has 1 aromatic rings. The Morgan fingerprint density at radius 2 is 2.21 bits per heavy atom. The average Bonchev–Trinajstić information content (AvgIpc) is 2.16. The third kappa shape index (κ3) is 2.53. The van der Waals surface area contributed by atoms with E-state index in [-0.39, 0.29) is 0 Å². The first-order chi connectivity index (χ1) is 6.63. The molecule has 1 N–H and O–H groups in total. The molecule has 1 aromatic carbocycles. The first-order valence-electron chi connectivity index (χ1n) is 4.03. The van der Waals surface area contributed by atoms with E-state index in [0.717, 1.165) is 5.56 Å². The standard InChI is InChI=1S/C11H10O3/c1-8-3-4-9(5-6-11(12)13)7-10(8)14-2/h3-4,7H,1-2H3,(H,12,13). The molecule has 14 heavy (non-hydrogen) atoms. The SMILES string of the molecule is COc1cc(C#CC(=O)O)ccc1C. The second-order valence-corrected chi connectivity index (χ2v) is 2.74. The third-order valence-corrected chi connectivity index (χ3v) is 1.72. The molecule has 0 aliphatic heterocycles. The van der Waals surface area contributed by atoms with Crippen molar-refractivity contribution in [2.75, 3.05) is 7.11 Å². The summed E-state index contributed by atoms with van der Waals surface area (Å²) in [5, 5.41) is 8.35. The number of hydrogen-bond donors (Lipinski definition) is 1. The maximum atomic E-state index is 10.2. The molecule has 0 unspecified atom stereocenters. The van der Waals surface area contributed by atoms with Gasteiger partial charge in [-0.3, -0.25) is 0 Å². The van der Waals surface area contributed by atoms with E-state index in [9.17, 15) is 4.79 Å². The number of aliphatic carboxylic acids is 1. The van der Waals surface area contributed by atoms with Crippen molar-refractivity contribution < 1.29 is 14.6 Å². The Hall–Kier alpha value is -1.95. The van der Waals surface area contributed by atoms with Gasteiger partial charge in [-0.1, -0.05) is 12.0 Å². The van der Waals surface area contributed by atoms with Gasteiger partial charge < -0.3 is 9.84 Å². The highest BCUT2D eigenvalue weighted by Gasteiger charge is 1.97. The van der Waals surface area contributed by atoms with Crippen LogP contribution < -0.4 is 4.74 Å². The van der Waals surface area contributed by atoms with Crippen molar-refractivity contribution in [3.63, 3.8) is 0 Å². The van der Waals surface area contributed by atoms with E-state index < -0.39 is 5.97 Å². The second-order valence-electron chi connectivity index (χ2n) is 2.74. The predicted molar refractivity (Wildman–Crippen MR) is 52.2 cm³/mol. The number of carboxylic acid groups (broad SMARTS) is 1. The summed E-state index contributed by atoms with van der Waals surface area (Å²) < 4.78 is 5.08. The Morgan fingerprint density at radius 3 is 2.79 bits per heavy atom. The highest BCUT2D eigenvalue weighted by molar-refractivity contribution is 5.87. The highest BCUT2D eigenvalue weighted by Crippen LogP contribution is 2.18. The van der Waals surface area contributed by atoms with E-state index in [0.29, 0.717) is 11.3 Å². The van der Waals surface area contributed by atoms with E-state index in [4.69, 9.17) is 9.84 Å². The molecule has 0 atom stereocenters. The average molecular weight is 190 g/mol. The Bertz CT molecular complexity index is 410. The molecule has 0 spiro atoms. The zero-order valence-corrected chi connectivity index (χ0v) is 8.00. The molecule has 0 saturated carbocycles. The predicted octanol–water partition coefficient (Wildman–Crippen LogP) is 1.44. The molecule has 0 heterocycles. The summed E-state index contributed by atoms with van der Waals surface area (Å²) in [5.74, 6) is 4.14. The fourth-order valence-electron chi connectivity index (χ4n) is 1.02. The van der Waals surface area contributed by atoms with Gasteiger partial charge in [0.2, 0.25) is 0 Å². The summed E-state index contributed by atoms with van der Waals surface area (Å²) in [6.45, 7) is 1.91. The van der Waals surface area contributed by atoms with Crippen molar-refractivity contribution in [3.05, 3.63) is 29.3 Å². The number of carbonyl (C=O) groups is 1. The number of carboxylic acids is 1. The summed E-state index contributed by atoms with van der Waals surface area (Å²) >= 11 is 0. The first-order valence-corrected chi connectivity index (χ1v) is 4.03. The lowest BCUT2D eigenvalue weighted by molar-refractivity contribution is -0.130. The molecule has 0 amide bonds. The Kier molecular flexibility index (Phi) is 3.14.